The van der Waals surface area contributed by atoms with Crippen molar-refractivity contribution in [3.63, 3.8) is 0 Å². The Morgan fingerprint density at radius 2 is 1.97 bits per heavy atom. The van der Waals surface area contributed by atoms with Crippen molar-refractivity contribution in [2.24, 2.45) is 0 Å². The summed E-state index contributed by atoms with van der Waals surface area (Å²) in [6, 6.07) is 7.77. The van der Waals surface area contributed by atoms with Crippen molar-refractivity contribution >= 4 is 17.0 Å². The molecule has 152 valence electrons. The van der Waals surface area contributed by atoms with Crippen molar-refractivity contribution in [2.75, 3.05) is 0 Å². The smallest absolute Gasteiger partial charge is 0.340 e. The van der Waals surface area contributed by atoms with Crippen molar-refractivity contribution in [3.05, 3.63) is 60.0 Å². The zero-order valence-corrected chi connectivity index (χ0v) is 16.0. The second-order valence-electron chi connectivity index (χ2n) is 7.25. The minimum Gasteiger partial charge on any atom is -0.452 e. The Hall–Kier alpha value is -3.62. The summed E-state index contributed by atoms with van der Waals surface area (Å²) in [4.78, 5) is 16.8. The van der Waals surface area contributed by atoms with Gasteiger partial charge in [-0.25, -0.2) is 18.9 Å². The Kier molecular flexibility index (Phi) is 4.70. The van der Waals surface area contributed by atoms with Crippen LogP contribution in [0.3, 0.4) is 0 Å². The van der Waals surface area contributed by atoms with Crippen LogP contribution in [0.15, 0.2) is 47.1 Å². The second-order valence-corrected chi connectivity index (χ2v) is 7.25. The topological polar surface area (TPSA) is 95.9 Å². The van der Waals surface area contributed by atoms with Gasteiger partial charge in [-0.1, -0.05) is 12.8 Å². The van der Waals surface area contributed by atoms with Crippen LogP contribution in [-0.4, -0.2) is 30.9 Å². The number of hydrogen-bond donors (Lipinski definition) is 0. The molecular weight excluding hydrogens is 389 g/mol. The number of pyridine rings is 1. The van der Waals surface area contributed by atoms with E-state index in [1.54, 1.807) is 12.3 Å². The first-order valence-corrected chi connectivity index (χ1v) is 9.76. The van der Waals surface area contributed by atoms with Crippen molar-refractivity contribution in [1.82, 2.24) is 25.0 Å². The molecule has 0 radical (unpaired) electrons. The number of rotatable bonds is 5. The van der Waals surface area contributed by atoms with Gasteiger partial charge >= 0.3 is 5.97 Å². The van der Waals surface area contributed by atoms with Crippen LogP contribution in [0.1, 0.15) is 48.0 Å². The molecule has 8 nitrogen and oxygen atoms in total. The molecule has 1 fully saturated rings. The van der Waals surface area contributed by atoms with E-state index in [1.807, 2.05) is 4.68 Å². The summed E-state index contributed by atoms with van der Waals surface area (Å²) >= 11 is 0. The number of carbonyl (C=O) groups is 1. The quantitative estimate of drug-likeness (QED) is 0.460. The summed E-state index contributed by atoms with van der Waals surface area (Å²) in [5.74, 6) is -0.527. The standard InChI is InChI=1S/C21H18FN5O3/c22-16-7-5-13(6-8-16)20-26-25-18(30-20)12-29-21(28)15-9-14-11-24-27(19(14)23-10-15)17-3-1-2-4-17/h5-11,17H,1-4,12H2. The molecule has 0 bridgehead atoms. The van der Waals surface area contributed by atoms with Gasteiger partial charge in [-0.3, -0.25) is 0 Å². The van der Waals surface area contributed by atoms with Gasteiger partial charge in [-0.2, -0.15) is 5.10 Å². The van der Waals surface area contributed by atoms with Crippen LogP contribution in [0, 0.1) is 5.82 Å². The van der Waals surface area contributed by atoms with Crippen LogP contribution in [0.2, 0.25) is 0 Å². The van der Waals surface area contributed by atoms with Crippen LogP contribution in [0.25, 0.3) is 22.5 Å². The number of fused-ring (bicyclic) bond motifs is 1. The first-order valence-electron chi connectivity index (χ1n) is 9.76. The highest BCUT2D eigenvalue weighted by molar-refractivity contribution is 5.92. The molecule has 3 heterocycles. The van der Waals surface area contributed by atoms with Crippen molar-refractivity contribution in [3.8, 4) is 11.5 Å². The minimum absolute atomic E-state index is 0.144. The van der Waals surface area contributed by atoms with Gasteiger partial charge in [0.1, 0.15) is 5.82 Å². The van der Waals surface area contributed by atoms with Crippen molar-refractivity contribution in [1.29, 1.82) is 0 Å². The van der Waals surface area contributed by atoms with E-state index in [4.69, 9.17) is 9.15 Å². The summed E-state index contributed by atoms with van der Waals surface area (Å²) in [6.45, 7) is -0.174. The molecule has 1 aliphatic rings. The molecule has 0 unspecified atom stereocenters. The maximum Gasteiger partial charge on any atom is 0.340 e. The maximum absolute atomic E-state index is 13.0. The molecule has 9 heteroatoms. The fourth-order valence-corrected chi connectivity index (χ4v) is 3.70. The van der Waals surface area contributed by atoms with E-state index in [9.17, 15) is 9.18 Å². The highest BCUT2D eigenvalue weighted by Gasteiger charge is 2.21. The summed E-state index contributed by atoms with van der Waals surface area (Å²) in [7, 11) is 0. The number of benzene rings is 1. The molecular formula is C21H18FN5O3. The molecule has 1 aromatic carbocycles. The third-order valence-electron chi connectivity index (χ3n) is 5.22. The minimum atomic E-state index is -0.542. The molecule has 1 saturated carbocycles. The van der Waals surface area contributed by atoms with Crippen LogP contribution in [-0.2, 0) is 11.3 Å². The number of esters is 1. The number of halogens is 1. The van der Waals surface area contributed by atoms with Crippen LogP contribution >= 0.6 is 0 Å². The lowest BCUT2D eigenvalue weighted by Gasteiger charge is -2.10. The fraction of sp³-hybridized carbons (Fsp3) is 0.286. The van der Waals surface area contributed by atoms with E-state index in [0.29, 0.717) is 17.2 Å². The van der Waals surface area contributed by atoms with E-state index in [1.165, 1.54) is 43.3 Å². The first kappa shape index (κ1) is 18.4. The number of carbonyl (C=O) groups excluding carboxylic acids is 1. The van der Waals surface area contributed by atoms with Gasteiger partial charge in [0, 0.05) is 17.1 Å². The summed E-state index contributed by atoms with van der Waals surface area (Å²) < 4.78 is 25.7. The zero-order chi connectivity index (χ0) is 20.5. The summed E-state index contributed by atoms with van der Waals surface area (Å²) in [6.07, 6.45) is 7.84. The molecule has 30 heavy (non-hydrogen) atoms. The number of aromatic nitrogens is 5. The van der Waals surface area contributed by atoms with Gasteiger partial charge < -0.3 is 9.15 Å². The SMILES string of the molecule is O=C(OCc1nnc(-c2ccc(F)cc2)o1)c1cnc2c(cnn2C2CCCC2)c1. The van der Waals surface area contributed by atoms with E-state index in [0.717, 1.165) is 23.9 Å². The molecule has 0 spiro atoms. The Labute approximate surface area is 170 Å². The van der Waals surface area contributed by atoms with Gasteiger partial charge in [0.15, 0.2) is 12.3 Å². The molecule has 5 rings (SSSR count). The van der Waals surface area contributed by atoms with Crippen molar-refractivity contribution in [2.45, 2.75) is 38.3 Å². The van der Waals surface area contributed by atoms with E-state index in [-0.39, 0.29) is 24.2 Å². The predicted octanol–water partition coefficient (Wildman–Crippen LogP) is 4.09. The van der Waals surface area contributed by atoms with Crippen LogP contribution < -0.4 is 0 Å². The first-order chi connectivity index (χ1) is 14.7. The lowest BCUT2D eigenvalue weighted by Crippen LogP contribution is -2.08. The predicted molar refractivity (Wildman–Crippen MR) is 104 cm³/mol. The lowest BCUT2D eigenvalue weighted by molar-refractivity contribution is 0.0438. The molecule has 0 amide bonds. The second kappa shape index (κ2) is 7.66. The third kappa shape index (κ3) is 3.54. The Balaban J connectivity index is 1.26. The Morgan fingerprint density at radius 3 is 2.77 bits per heavy atom. The van der Waals surface area contributed by atoms with E-state index in [2.05, 4.69) is 20.3 Å². The average molecular weight is 407 g/mol. The van der Waals surface area contributed by atoms with Crippen molar-refractivity contribution < 1.29 is 18.3 Å². The molecule has 3 aromatic heterocycles. The lowest BCUT2D eigenvalue weighted by atomic mass is 10.2. The summed E-state index contributed by atoms with van der Waals surface area (Å²) in [5, 5.41) is 13.0. The zero-order valence-electron chi connectivity index (χ0n) is 16.0. The molecule has 0 N–H and O–H groups in total. The Bertz CT molecular complexity index is 1200. The number of ether oxygens (including phenoxy) is 1. The monoisotopic (exact) mass is 407 g/mol. The van der Waals surface area contributed by atoms with Crippen LogP contribution in [0.4, 0.5) is 4.39 Å². The normalized spacial score (nSPS) is 14.4. The van der Waals surface area contributed by atoms with Gasteiger partial charge in [0.25, 0.3) is 5.89 Å². The number of hydrogen-bond acceptors (Lipinski definition) is 7. The fourth-order valence-electron chi connectivity index (χ4n) is 3.70. The largest absolute Gasteiger partial charge is 0.452 e. The summed E-state index contributed by atoms with van der Waals surface area (Å²) in [5.41, 5.74) is 1.68. The van der Waals surface area contributed by atoms with E-state index < -0.39 is 5.97 Å². The van der Waals surface area contributed by atoms with Gasteiger partial charge in [-0.15, -0.1) is 10.2 Å². The highest BCUT2D eigenvalue weighted by atomic mass is 19.1. The molecule has 0 saturated heterocycles. The molecule has 1 aliphatic carbocycles. The maximum atomic E-state index is 13.0. The highest BCUT2D eigenvalue weighted by Crippen LogP contribution is 2.31. The van der Waals surface area contributed by atoms with E-state index >= 15 is 0 Å². The third-order valence-corrected chi connectivity index (χ3v) is 5.22. The Morgan fingerprint density at radius 1 is 1.17 bits per heavy atom. The molecule has 0 atom stereocenters. The van der Waals surface area contributed by atoms with Gasteiger partial charge in [0.2, 0.25) is 5.89 Å². The van der Waals surface area contributed by atoms with Crippen LogP contribution in [0.5, 0.6) is 0 Å². The molecule has 0 aliphatic heterocycles. The average Bonchev–Trinajstić information content (AvgIpc) is 3.52. The molecule has 4 aromatic rings. The van der Waals surface area contributed by atoms with Gasteiger partial charge in [0.05, 0.1) is 17.8 Å². The number of nitrogens with zero attached hydrogens (tertiary/aromatic N) is 5. The van der Waals surface area contributed by atoms with Gasteiger partial charge in [-0.05, 0) is 43.2 Å².